The summed E-state index contributed by atoms with van der Waals surface area (Å²) in [5.74, 6) is 1.37. The molecule has 3 aromatic rings. The molecular formula is C27H27Cl2FO2. The Morgan fingerprint density at radius 1 is 0.906 bits per heavy atom. The van der Waals surface area contributed by atoms with Crippen LogP contribution in [0.5, 0.6) is 17.2 Å². The Kier molecular flexibility index (Phi) is 6.97. The van der Waals surface area contributed by atoms with E-state index in [1.807, 2.05) is 55.5 Å². The van der Waals surface area contributed by atoms with Crippen LogP contribution in [-0.2, 0) is 11.8 Å². The predicted molar refractivity (Wildman–Crippen MR) is 129 cm³/mol. The average Bonchev–Trinajstić information content (AvgIpc) is 2.76. The van der Waals surface area contributed by atoms with Crippen LogP contribution in [0.4, 0.5) is 4.39 Å². The minimum Gasteiger partial charge on any atom is -0.494 e. The third kappa shape index (κ3) is 5.39. The first-order valence-corrected chi connectivity index (χ1v) is 11.8. The lowest BCUT2D eigenvalue weighted by Crippen LogP contribution is -2.48. The summed E-state index contributed by atoms with van der Waals surface area (Å²) in [7, 11) is 0. The highest BCUT2D eigenvalue weighted by Crippen LogP contribution is 2.58. The first kappa shape index (κ1) is 22.9. The number of alkyl halides is 2. The second-order valence-electron chi connectivity index (χ2n) is 8.48. The van der Waals surface area contributed by atoms with Crippen molar-refractivity contribution >= 4 is 23.2 Å². The van der Waals surface area contributed by atoms with Gasteiger partial charge in [0, 0.05) is 5.41 Å². The molecule has 0 unspecified atom stereocenters. The quantitative estimate of drug-likeness (QED) is 0.291. The van der Waals surface area contributed by atoms with Gasteiger partial charge in [0.2, 0.25) is 0 Å². The highest BCUT2D eigenvalue weighted by Gasteiger charge is 2.53. The smallest absolute Gasteiger partial charge is 0.165 e. The third-order valence-electron chi connectivity index (χ3n) is 6.06. The Morgan fingerprint density at radius 3 is 2.28 bits per heavy atom. The molecular weight excluding hydrogens is 446 g/mol. The molecule has 4 rings (SSSR count). The molecule has 0 aromatic heterocycles. The molecule has 168 valence electrons. The van der Waals surface area contributed by atoms with Gasteiger partial charge in [0.05, 0.1) is 6.61 Å². The van der Waals surface area contributed by atoms with Crippen LogP contribution in [-0.4, -0.2) is 10.9 Å². The van der Waals surface area contributed by atoms with Crippen molar-refractivity contribution in [2.24, 2.45) is 0 Å². The standard InChI is InChI=1S/C27H27Cl2FO2/c1-2-31-22-13-11-21(12-14-22)26(18-27(28,29)19-26)16-6-7-20-10-15-24(30)25(17-20)32-23-8-4-3-5-9-23/h3-5,8-15,17H,2,6-7,16,18-19H2,1H3. The van der Waals surface area contributed by atoms with Crippen LogP contribution >= 0.6 is 23.2 Å². The van der Waals surface area contributed by atoms with Gasteiger partial charge in [0.25, 0.3) is 0 Å². The van der Waals surface area contributed by atoms with E-state index in [-0.39, 0.29) is 17.0 Å². The van der Waals surface area contributed by atoms with Crippen LogP contribution in [0.3, 0.4) is 0 Å². The molecule has 5 heteroatoms. The van der Waals surface area contributed by atoms with Gasteiger partial charge in [0.15, 0.2) is 11.6 Å². The van der Waals surface area contributed by atoms with E-state index < -0.39 is 4.33 Å². The molecule has 0 aliphatic heterocycles. The molecule has 0 N–H and O–H groups in total. The van der Waals surface area contributed by atoms with Gasteiger partial charge in [0.1, 0.15) is 15.8 Å². The highest BCUT2D eigenvalue weighted by molar-refractivity contribution is 6.49. The van der Waals surface area contributed by atoms with Crippen molar-refractivity contribution in [2.75, 3.05) is 6.61 Å². The maximum absolute atomic E-state index is 14.3. The van der Waals surface area contributed by atoms with Crippen molar-refractivity contribution in [3.63, 3.8) is 0 Å². The predicted octanol–water partition coefficient (Wildman–Crippen LogP) is 8.25. The lowest BCUT2D eigenvalue weighted by molar-refractivity contribution is 0.203. The van der Waals surface area contributed by atoms with Gasteiger partial charge in [-0.05, 0) is 86.6 Å². The Bertz CT molecular complexity index is 1030. The van der Waals surface area contributed by atoms with Gasteiger partial charge >= 0.3 is 0 Å². The monoisotopic (exact) mass is 472 g/mol. The van der Waals surface area contributed by atoms with Gasteiger partial charge in [-0.2, -0.15) is 0 Å². The average molecular weight is 473 g/mol. The molecule has 0 bridgehead atoms. The highest BCUT2D eigenvalue weighted by atomic mass is 35.5. The van der Waals surface area contributed by atoms with Crippen molar-refractivity contribution in [1.29, 1.82) is 0 Å². The second kappa shape index (κ2) is 9.72. The van der Waals surface area contributed by atoms with Gasteiger partial charge in [-0.25, -0.2) is 4.39 Å². The summed E-state index contributed by atoms with van der Waals surface area (Å²) in [6.45, 7) is 2.62. The van der Waals surface area contributed by atoms with Crippen LogP contribution in [0.15, 0.2) is 72.8 Å². The number of rotatable bonds is 9. The summed E-state index contributed by atoms with van der Waals surface area (Å²) in [4.78, 5) is 0. The molecule has 0 spiro atoms. The first-order chi connectivity index (χ1) is 15.4. The molecule has 2 nitrogen and oxygen atoms in total. The van der Waals surface area contributed by atoms with E-state index in [0.29, 0.717) is 12.4 Å². The lowest BCUT2D eigenvalue weighted by Gasteiger charge is -2.50. The molecule has 3 aromatic carbocycles. The summed E-state index contributed by atoms with van der Waals surface area (Å²) in [5.41, 5.74) is 2.24. The van der Waals surface area contributed by atoms with Crippen LogP contribution < -0.4 is 9.47 Å². The number of benzene rings is 3. The van der Waals surface area contributed by atoms with E-state index in [2.05, 4.69) is 12.1 Å². The largest absolute Gasteiger partial charge is 0.494 e. The van der Waals surface area contributed by atoms with Crippen molar-refractivity contribution in [2.45, 2.75) is 48.8 Å². The molecule has 0 heterocycles. The van der Waals surface area contributed by atoms with Crippen LogP contribution in [0, 0.1) is 5.82 Å². The van der Waals surface area contributed by atoms with E-state index in [0.717, 1.165) is 43.4 Å². The fraction of sp³-hybridized carbons (Fsp3) is 0.333. The molecule has 1 fully saturated rings. The van der Waals surface area contributed by atoms with Gasteiger partial charge in [-0.15, -0.1) is 23.2 Å². The molecule has 1 saturated carbocycles. The molecule has 0 atom stereocenters. The summed E-state index contributed by atoms with van der Waals surface area (Å²) in [6, 6.07) is 22.6. The van der Waals surface area contributed by atoms with Crippen molar-refractivity contribution in [3.8, 4) is 17.2 Å². The van der Waals surface area contributed by atoms with Crippen molar-refractivity contribution < 1.29 is 13.9 Å². The molecule has 32 heavy (non-hydrogen) atoms. The number of aryl methyl sites for hydroxylation is 1. The van der Waals surface area contributed by atoms with E-state index >= 15 is 0 Å². The third-order valence-corrected chi connectivity index (χ3v) is 6.59. The number of halogens is 3. The van der Waals surface area contributed by atoms with E-state index in [1.165, 1.54) is 11.6 Å². The van der Waals surface area contributed by atoms with Gasteiger partial charge in [-0.3, -0.25) is 0 Å². The van der Waals surface area contributed by atoms with Crippen molar-refractivity contribution in [1.82, 2.24) is 0 Å². The Hall–Kier alpha value is -2.23. The number of para-hydroxylation sites is 1. The second-order valence-corrected chi connectivity index (χ2v) is 10.1. The zero-order chi connectivity index (χ0) is 22.6. The molecule has 0 radical (unpaired) electrons. The summed E-state index contributed by atoms with van der Waals surface area (Å²) >= 11 is 12.8. The normalized spacial score (nSPS) is 16.2. The van der Waals surface area contributed by atoms with E-state index in [4.69, 9.17) is 32.7 Å². The molecule has 1 aliphatic carbocycles. The van der Waals surface area contributed by atoms with E-state index in [1.54, 1.807) is 6.07 Å². The first-order valence-electron chi connectivity index (χ1n) is 11.0. The van der Waals surface area contributed by atoms with Gasteiger partial charge < -0.3 is 9.47 Å². The minimum absolute atomic E-state index is 0.0440. The molecule has 0 amide bonds. The Labute approximate surface area is 199 Å². The number of hydrogen-bond acceptors (Lipinski definition) is 2. The fourth-order valence-electron chi connectivity index (χ4n) is 4.56. The lowest BCUT2D eigenvalue weighted by atomic mass is 9.61. The molecule has 0 saturated heterocycles. The Balaban J connectivity index is 1.43. The SMILES string of the molecule is CCOc1ccc(C2(CCCc3ccc(F)c(Oc4ccccc4)c3)CC(Cl)(Cl)C2)cc1. The zero-order valence-electron chi connectivity index (χ0n) is 18.1. The summed E-state index contributed by atoms with van der Waals surface area (Å²) in [5, 5.41) is 0. The summed E-state index contributed by atoms with van der Waals surface area (Å²) < 4.78 is 24.9. The zero-order valence-corrected chi connectivity index (χ0v) is 19.6. The number of ether oxygens (including phenoxy) is 2. The maximum atomic E-state index is 14.3. The topological polar surface area (TPSA) is 18.5 Å². The number of hydrogen-bond donors (Lipinski definition) is 0. The van der Waals surface area contributed by atoms with Crippen LogP contribution in [0.25, 0.3) is 0 Å². The summed E-state index contributed by atoms with van der Waals surface area (Å²) in [6.07, 6.45) is 4.16. The maximum Gasteiger partial charge on any atom is 0.165 e. The van der Waals surface area contributed by atoms with Crippen LogP contribution in [0.2, 0.25) is 0 Å². The van der Waals surface area contributed by atoms with Crippen LogP contribution in [0.1, 0.15) is 43.7 Å². The fourth-order valence-corrected chi connectivity index (χ4v) is 5.59. The van der Waals surface area contributed by atoms with Crippen molar-refractivity contribution in [3.05, 3.63) is 89.7 Å². The van der Waals surface area contributed by atoms with Gasteiger partial charge in [-0.1, -0.05) is 36.4 Å². The van der Waals surface area contributed by atoms with E-state index in [9.17, 15) is 4.39 Å². The molecule has 1 aliphatic rings. The Morgan fingerprint density at radius 2 is 1.62 bits per heavy atom. The minimum atomic E-state index is -0.675.